The van der Waals surface area contributed by atoms with Crippen molar-refractivity contribution < 1.29 is 19.4 Å². The Balaban J connectivity index is 1.73. The van der Waals surface area contributed by atoms with E-state index in [1.54, 1.807) is 11.1 Å². The Labute approximate surface area is 176 Å². The van der Waals surface area contributed by atoms with Crippen molar-refractivity contribution in [3.05, 3.63) is 48.0 Å². The highest BCUT2D eigenvalue weighted by Crippen LogP contribution is 2.31. The molecule has 3 rings (SSSR count). The summed E-state index contributed by atoms with van der Waals surface area (Å²) in [4.78, 5) is 30.5. The van der Waals surface area contributed by atoms with Crippen molar-refractivity contribution in [1.82, 2.24) is 14.5 Å². The Hall–Kier alpha value is -2.71. The zero-order valence-electron chi connectivity index (χ0n) is 18.0. The molecule has 1 aromatic heterocycles. The second-order valence-electron chi connectivity index (χ2n) is 8.87. The van der Waals surface area contributed by atoms with Crippen molar-refractivity contribution in [2.45, 2.75) is 45.9 Å². The molecule has 2 atom stereocenters. The first-order valence-electron chi connectivity index (χ1n) is 10.1. The number of carbonyl (C=O) groups excluding carboxylic acids is 2. The van der Waals surface area contributed by atoms with Crippen LogP contribution in [0.3, 0.4) is 0 Å². The van der Waals surface area contributed by atoms with Crippen LogP contribution in [0.25, 0.3) is 0 Å². The monoisotopic (exact) mass is 414 g/mol. The van der Waals surface area contributed by atoms with Gasteiger partial charge in [-0.15, -0.1) is 0 Å². The lowest BCUT2D eigenvalue weighted by molar-refractivity contribution is -0.162. The molecule has 162 valence electrons. The number of ether oxygens (including phenoxy) is 1. The van der Waals surface area contributed by atoms with Crippen LogP contribution < -0.4 is 5.32 Å². The van der Waals surface area contributed by atoms with Gasteiger partial charge in [0.25, 0.3) is 0 Å². The fourth-order valence-electron chi connectivity index (χ4n) is 3.57. The third kappa shape index (κ3) is 5.25. The van der Waals surface area contributed by atoms with Gasteiger partial charge in [-0.1, -0.05) is 32.9 Å². The summed E-state index contributed by atoms with van der Waals surface area (Å²) < 4.78 is 7.63. The van der Waals surface area contributed by atoms with Crippen LogP contribution in [0.15, 0.2) is 36.7 Å². The highest BCUT2D eigenvalue weighted by atomic mass is 16.5. The van der Waals surface area contributed by atoms with E-state index in [-0.39, 0.29) is 30.4 Å². The average molecular weight is 415 g/mol. The summed E-state index contributed by atoms with van der Waals surface area (Å²) in [5.74, 6) is 0.517. The van der Waals surface area contributed by atoms with Crippen LogP contribution in [0.5, 0.6) is 0 Å². The number of aliphatic hydroxyl groups excluding tert-OH is 1. The highest BCUT2D eigenvalue weighted by Gasteiger charge is 2.37. The molecule has 2 unspecified atom stereocenters. The maximum Gasteiger partial charge on any atom is 0.249 e. The van der Waals surface area contributed by atoms with Gasteiger partial charge in [0.05, 0.1) is 19.2 Å². The number of nitrogens with zero attached hydrogens (tertiary/aromatic N) is 3. The van der Waals surface area contributed by atoms with E-state index in [0.29, 0.717) is 18.7 Å². The molecule has 8 nitrogen and oxygen atoms in total. The third-order valence-corrected chi connectivity index (χ3v) is 5.09. The molecule has 30 heavy (non-hydrogen) atoms. The standard InChI is InChI=1S/C22H30N4O4/c1-22(2,3)11-19(28)24-16-7-5-15(6-8-16)21-17(13-27)26(20(29)14-30-21)12-18-23-9-10-25(18)4/h5-10,17,21,27H,11-14H2,1-4H3,(H,24,28). The van der Waals surface area contributed by atoms with E-state index in [1.807, 2.05) is 62.8 Å². The van der Waals surface area contributed by atoms with Gasteiger partial charge in [0.15, 0.2) is 0 Å². The smallest absolute Gasteiger partial charge is 0.249 e. The summed E-state index contributed by atoms with van der Waals surface area (Å²) in [5.41, 5.74) is 1.45. The molecule has 0 radical (unpaired) electrons. The lowest BCUT2D eigenvalue weighted by Gasteiger charge is -2.40. The molecule has 1 saturated heterocycles. The van der Waals surface area contributed by atoms with E-state index in [0.717, 1.165) is 11.4 Å². The number of nitrogens with one attached hydrogen (secondary N) is 1. The Bertz CT molecular complexity index is 885. The number of hydrogen-bond donors (Lipinski definition) is 2. The van der Waals surface area contributed by atoms with Crippen molar-refractivity contribution in [2.24, 2.45) is 12.5 Å². The van der Waals surface area contributed by atoms with E-state index in [9.17, 15) is 14.7 Å². The first-order valence-corrected chi connectivity index (χ1v) is 10.1. The fraction of sp³-hybridized carbons (Fsp3) is 0.500. The van der Waals surface area contributed by atoms with Gasteiger partial charge in [-0.25, -0.2) is 4.98 Å². The van der Waals surface area contributed by atoms with Gasteiger partial charge in [-0.2, -0.15) is 0 Å². The molecule has 1 aliphatic heterocycles. The number of carbonyl (C=O) groups is 2. The van der Waals surface area contributed by atoms with Gasteiger partial charge >= 0.3 is 0 Å². The Kier molecular flexibility index (Phi) is 6.58. The zero-order valence-corrected chi connectivity index (χ0v) is 18.0. The summed E-state index contributed by atoms with van der Waals surface area (Å²) in [6.07, 6.45) is 3.46. The van der Waals surface area contributed by atoms with Crippen molar-refractivity contribution >= 4 is 17.5 Å². The largest absolute Gasteiger partial charge is 0.394 e. The second-order valence-corrected chi connectivity index (χ2v) is 8.87. The van der Waals surface area contributed by atoms with Crippen LogP contribution in [0.1, 0.15) is 44.7 Å². The minimum atomic E-state index is -0.524. The van der Waals surface area contributed by atoms with Crippen LogP contribution in [-0.4, -0.2) is 50.6 Å². The van der Waals surface area contributed by atoms with Crippen LogP contribution in [0.2, 0.25) is 0 Å². The van der Waals surface area contributed by atoms with E-state index in [4.69, 9.17) is 4.74 Å². The number of hydrogen-bond acceptors (Lipinski definition) is 5. The van der Waals surface area contributed by atoms with Gasteiger partial charge in [-0.05, 0) is 23.1 Å². The molecule has 2 aromatic rings. The normalized spacial score (nSPS) is 19.8. The molecule has 0 spiro atoms. The molecule has 0 aliphatic carbocycles. The summed E-state index contributed by atoms with van der Waals surface area (Å²) in [7, 11) is 1.87. The van der Waals surface area contributed by atoms with Gasteiger partial charge in [0.2, 0.25) is 11.8 Å². The Morgan fingerprint density at radius 1 is 1.30 bits per heavy atom. The Morgan fingerprint density at radius 2 is 2.00 bits per heavy atom. The lowest BCUT2D eigenvalue weighted by Crippen LogP contribution is -2.52. The predicted molar refractivity (Wildman–Crippen MR) is 112 cm³/mol. The van der Waals surface area contributed by atoms with Crippen molar-refractivity contribution in [3.63, 3.8) is 0 Å². The summed E-state index contributed by atoms with van der Waals surface area (Å²) >= 11 is 0. The molecule has 1 aliphatic rings. The number of aromatic nitrogens is 2. The molecule has 0 bridgehead atoms. The quantitative estimate of drug-likeness (QED) is 0.756. The van der Waals surface area contributed by atoms with Crippen molar-refractivity contribution in [1.29, 1.82) is 0 Å². The van der Waals surface area contributed by atoms with E-state index >= 15 is 0 Å². The molecule has 2 amide bonds. The summed E-state index contributed by atoms with van der Waals surface area (Å²) in [6, 6.07) is 6.81. The number of aryl methyl sites for hydroxylation is 1. The number of imidazole rings is 1. The van der Waals surface area contributed by atoms with Crippen molar-refractivity contribution in [3.8, 4) is 0 Å². The summed E-state index contributed by atoms with van der Waals surface area (Å²) in [6.45, 7) is 6.06. The molecule has 2 N–H and O–H groups in total. The van der Waals surface area contributed by atoms with E-state index < -0.39 is 12.1 Å². The molecular weight excluding hydrogens is 384 g/mol. The number of anilines is 1. The lowest BCUT2D eigenvalue weighted by atomic mass is 9.92. The second kappa shape index (κ2) is 8.97. The third-order valence-electron chi connectivity index (χ3n) is 5.09. The maximum absolute atomic E-state index is 12.5. The zero-order chi connectivity index (χ0) is 21.9. The van der Waals surface area contributed by atoms with Crippen LogP contribution >= 0.6 is 0 Å². The fourth-order valence-corrected chi connectivity index (χ4v) is 3.57. The molecule has 0 saturated carbocycles. The first-order chi connectivity index (χ1) is 14.2. The number of aliphatic hydroxyl groups is 1. The highest BCUT2D eigenvalue weighted by molar-refractivity contribution is 5.91. The number of morpholine rings is 1. The molecule has 1 aromatic carbocycles. The van der Waals surface area contributed by atoms with Crippen LogP contribution in [0, 0.1) is 5.41 Å². The van der Waals surface area contributed by atoms with Gasteiger partial charge < -0.3 is 24.6 Å². The minimum Gasteiger partial charge on any atom is -0.394 e. The average Bonchev–Trinajstić information content (AvgIpc) is 3.07. The topological polar surface area (TPSA) is 96.7 Å². The molecular formula is C22H30N4O4. The first kappa shape index (κ1) is 22.0. The number of benzene rings is 1. The van der Waals surface area contributed by atoms with Crippen LogP contribution in [-0.2, 0) is 27.9 Å². The van der Waals surface area contributed by atoms with Crippen molar-refractivity contribution in [2.75, 3.05) is 18.5 Å². The molecule has 8 heteroatoms. The van der Waals surface area contributed by atoms with E-state index in [1.165, 1.54) is 0 Å². The van der Waals surface area contributed by atoms with Gasteiger partial charge in [-0.3, -0.25) is 9.59 Å². The van der Waals surface area contributed by atoms with Crippen LogP contribution in [0.4, 0.5) is 5.69 Å². The predicted octanol–water partition coefficient (Wildman–Crippen LogP) is 2.26. The van der Waals surface area contributed by atoms with E-state index in [2.05, 4.69) is 10.3 Å². The summed E-state index contributed by atoms with van der Waals surface area (Å²) in [5, 5.41) is 12.9. The van der Waals surface area contributed by atoms with Gasteiger partial charge in [0.1, 0.15) is 18.5 Å². The maximum atomic E-state index is 12.5. The minimum absolute atomic E-state index is 0.0377. The Morgan fingerprint density at radius 3 is 2.57 bits per heavy atom. The molecule has 1 fully saturated rings. The number of amides is 2. The van der Waals surface area contributed by atoms with Gasteiger partial charge in [0, 0.05) is 31.5 Å². The number of rotatable bonds is 6. The SMILES string of the molecule is Cn1ccnc1CN1C(=O)COC(c2ccc(NC(=O)CC(C)(C)C)cc2)C1CO. The molecule has 2 heterocycles.